The molecule has 2 aromatic heterocycles. The summed E-state index contributed by atoms with van der Waals surface area (Å²) in [5.41, 5.74) is 5.47. The highest BCUT2D eigenvalue weighted by molar-refractivity contribution is 5.94. The molecule has 0 saturated carbocycles. The number of para-hydroxylation sites is 1. The Bertz CT molecular complexity index is 1210. The number of methoxy groups -OCH3 is 1. The molecule has 0 aliphatic rings. The molecule has 0 amide bonds. The highest BCUT2D eigenvalue weighted by Crippen LogP contribution is 2.30. The van der Waals surface area contributed by atoms with Gasteiger partial charge in [-0.3, -0.25) is 4.98 Å². The summed E-state index contributed by atoms with van der Waals surface area (Å²) in [6.07, 6.45) is 1.75. The molecule has 30 heavy (non-hydrogen) atoms. The SMILES string of the molecule is COc1cccc(CNC(C)c2cc(-c3ccc(C#N)nc3)c3ccccc3n2)c1. The Balaban J connectivity index is 1.65. The number of hydrogen-bond acceptors (Lipinski definition) is 5. The molecular weight excluding hydrogens is 372 g/mol. The zero-order valence-corrected chi connectivity index (χ0v) is 17.0. The number of rotatable bonds is 6. The van der Waals surface area contributed by atoms with E-state index >= 15 is 0 Å². The van der Waals surface area contributed by atoms with Crippen LogP contribution in [0.15, 0.2) is 72.9 Å². The molecule has 2 aromatic carbocycles. The number of nitriles is 1. The molecule has 0 aliphatic heterocycles. The minimum Gasteiger partial charge on any atom is -0.497 e. The number of fused-ring (bicyclic) bond motifs is 1. The second kappa shape index (κ2) is 8.73. The number of hydrogen-bond donors (Lipinski definition) is 1. The van der Waals surface area contributed by atoms with Gasteiger partial charge in [-0.15, -0.1) is 0 Å². The summed E-state index contributed by atoms with van der Waals surface area (Å²) >= 11 is 0. The van der Waals surface area contributed by atoms with Crippen LogP contribution in [0.5, 0.6) is 5.75 Å². The van der Waals surface area contributed by atoms with E-state index in [2.05, 4.69) is 41.5 Å². The lowest BCUT2D eigenvalue weighted by Crippen LogP contribution is -2.19. The predicted octanol–water partition coefficient (Wildman–Crippen LogP) is 5.03. The maximum Gasteiger partial charge on any atom is 0.140 e. The lowest BCUT2D eigenvalue weighted by atomic mass is 9.99. The molecule has 5 heteroatoms. The third-order valence-corrected chi connectivity index (χ3v) is 5.12. The van der Waals surface area contributed by atoms with Crippen LogP contribution in [0, 0.1) is 11.3 Å². The molecule has 0 spiro atoms. The van der Waals surface area contributed by atoms with Crippen molar-refractivity contribution in [1.82, 2.24) is 15.3 Å². The lowest BCUT2D eigenvalue weighted by molar-refractivity contribution is 0.414. The molecule has 1 atom stereocenters. The van der Waals surface area contributed by atoms with Crippen LogP contribution >= 0.6 is 0 Å². The summed E-state index contributed by atoms with van der Waals surface area (Å²) < 4.78 is 5.31. The van der Waals surface area contributed by atoms with Crippen molar-refractivity contribution in [3.05, 3.63) is 89.9 Å². The Kier molecular flexibility index (Phi) is 5.69. The third-order valence-electron chi connectivity index (χ3n) is 5.12. The number of nitrogens with one attached hydrogen (secondary N) is 1. The first kappa shape index (κ1) is 19.6. The van der Waals surface area contributed by atoms with Gasteiger partial charge in [-0.05, 0) is 54.4 Å². The Labute approximate surface area is 176 Å². The normalized spacial score (nSPS) is 11.8. The molecule has 5 nitrogen and oxygen atoms in total. The molecule has 0 bridgehead atoms. The minimum absolute atomic E-state index is 0.0471. The lowest BCUT2D eigenvalue weighted by Gasteiger charge is -2.17. The molecule has 148 valence electrons. The van der Waals surface area contributed by atoms with E-state index in [-0.39, 0.29) is 6.04 Å². The summed E-state index contributed by atoms with van der Waals surface area (Å²) in [6, 6.07) is 24.0. The van der Waals surface area contributed by atoms with E-state index in [1.165, 1.54) is 0 Å². The highest BCUT2D eigenvalue weighted by Gasteiger charge is 2.13. The van der Waals surface area contributed by atoms with E-state index in [1.807, 2.05) is 42.5 Å². The second-order valence-corrected chi connectivity index (χ2v) is 7.11. The van der Waals surface area contributed by atoms with E-state index in [0.29, 0.717) is 12.2 Å². The predicted molar refractivity (Wildman–Crippen MR) is 118 cm³/mol. The molecular formula is C25H22N4O. The number of nitrogens with zero attached hydrogens (tertiary/aromatic N) is 3. The number of aromatic nitrogens is 2. The van der Waals surface area contributed by atoms with Gasteiger partial charge in [-0.2, -0.15) is 5.26 Å². The average Bonchev–Trinajstić information content (AvgIpc) is 2.82. The van der Waals surface area contributed by atoms with Crippen molar-refractivity contribution in [1.29, 1.82) is 5.26 Å². The van der Waals surface area contributed by atoms with Crippen LogP contribution in [0.25, 0.3) is 22.0 Å². The quantitative estimate of drug-likeness (QED) is 0.497. The zero-order valence-electron chi connectivity index (χ0n) is 17.0. The van der Waals surface area contributed by atoms with Gasteiger partial charge in [-0.25, -0.2) is 4.98 Å². The maximum absolute atomic E-state index is 9.04. The molecule has 0 saturated heterocycles. The fourth-order valence-electron chi connectivity index (χ4n) is 3.43. The molecule has 1 unspecified atom stereocenters. The van der Waals surface area contributed by atoms with Gasteiger partial charge in [0.25, 0.3) is 0 Å². The van der Waals surface area contributed by atoms with Gasteiger partial charge in [0.2, 0.25) is 0 Å². The zero-order chi connectivity index (χ0) is 20.9. The Morgan fingerprint density at radius 3 is 2.70 bits per heavy atom. The van der Waals surface area contributed by atoms with Crippen molar-refractivity contribution in [3.8, 4) is 22.9 Å². The highest BCUT2D eigenvalue weighted by atomic mass is 16.5. The van der Waals surface area contributed by atoms with Crippen molar-refractivity contribution in [2.45, 2.75) is 19.5 Å². The monoisotopic (exact) mass is 394 g/mol. The van der Waals surface area contributed by atoms with E-state index in [0.717, 1.165) is 39.0 Å². The van der Waals surface area contributed by atoms with Gasteiger partial charge < -0.3 is 10.1 Å². The van der Waals surface area contributed by atoms with E-state index in [9.17, 15) is 0 Å². The van der Waals surface area contributed by atoms with Gasteiger partial charge in [0.15, 0.2) is 0 Å². The largest absolute Gasteiger partial charge is 0.497 e. The number of pyridine rings is 2. The molecule has 4 aromatic rings. The van der Waals surface area contributed by atoms with Crippen molar-refractivity contribution in [2.24, 2.45) is 0 Å². The second-order valence-electron chi connectivity index (χ2n) is 7.11. The summed E-state index contributed by atoms with van der Waals surface area (Å²) in [5, 5.41) is 13.6. The van der Waals surface area contributed by atoms with Gasteiger partial charge in [0.05, 0.1) is 18.3 Å². The first-order chi connectivity index (χ1) is 14.7. The Morgan fingerprint density at radius 2 is 1.93 bits per heavy atom. The van der Waals surface area contributed by atoms with Crippen molar-refractivity contribution < 1.29 is 4.74 Å². The van der Waals surface area contributed by atoms with Gasteiger partial charge in [-0.1, -0.05) is 30.3 Å². The van der Waals surface area contributed by atoms with Crippen molar-refractivity contribution in [2.75, 3.05) is 7.11 Å². The molecule has 1 N–H and O–H groups in total. The van der Waals surface area contributed by atoms with E-state index in [4.69, 9.17) is 15.0 Å². The fraction of sp³-hybridized carbons (Fsp3) is 0.160. The fourth-order valence-corrected chi connectivity index (χ4v) is 3.43. The first-order valence-corrected chi connectivity index (χ1v) is 9.80. The molecule has 4 rings (SSSR count). The summed E-state index contributed by atoms with van der Waals surface area (Å²) in [7, 11) is 1.67. The van der Waals surface area contributed by atoms with Crippen LogP contribution in [0.1, 0.15) is 29.9 Å². The van der Waals surface area contributed by atoms with Gasteiger partial charge in [0, 0.05) is 29.7 Å². The first-order valence-electron chi connectivity index (χ1n) is 9.80. The number of benzene rings is 2. The van der Waals surface area contributed by atoms with Crippen molar-refractivity contribution >= 4 is 10.9 Å². The summed E-state index contributed by atoms with van der Waals surface area (Å²) in [6.45, 7) is 2.82. The molecule has 0 fully saturated rings. The molecule has 2 heterocycles. The topological polar surface area (TPSA) is 70.8 Å². The third kappa shape index (κ3) is 4.14. The van der Waals surface area contributed by atoms with Gasteiger partial charge >= 0.3 is 0 Å². The maximum atomic E-state index is 9.04. The van der Waals surface area contributed by atoms with Crippen LogP contribution in [0.2, 0.25) is 0 Å². The smallest absolute Gasteiger partial charge is 0.140 e. The standard InChI is InChI=1S/C25H22N4O/c1-17(27-15-18-6-5-7-21(12-18)30-2)25-13-23(19-10-11-20(14-26)28-16-19)22-8-3-4-9-24(22)29-25/h3-13,16-17,27H,15H2,1-2H3. The summed E-state index contributed by atoms with van der Waals surface area (Å²) in [5.74, 6) is 0.849. The van der Waals surface area contributed by atoms with E-state index in [1.54, 1.807) is 19.4 Å². The van der Waals surface area contributed by atoms with Crippen LogP contribution in [0.3, 0.4) is 0 Å². The van der Waals surface area contributed by atoms with Gasteiger partial charge in [0.1, 0.15) is 17.5 Å². The van der Waals surface area contributed by atoms with Crippen LogP contribution in [-0.2, 0) is 6.54 Å². The molecule has 0 radical (unpaired) electrons. The molecule has 0 aliphatic carbocycles. The average molecular weight is 394 g/mol. The van der Waals surface area contributed by atoms with E-state index < -0.39 is 0 Å². The summed E-state index contributed by atoms with van der Waals surface area (Å²) in [4.78, 5) is 9.12. The van der Waals surface area contributed by atoms with Crippen LogP contribution < -0.4 is 10.1 Å². The van der Waals surface area contributed by atoms with Crippen molar-refractivity contribution in [3.63, 3.8) is 0 Å². The van der Waals surface area contributed by atoms with Crippen LogP contribution in [-0.4, -0.2) is 17.1 Å². The Hall–Kier alpha value is -3.75. The minimum atomic E-state index is 0.0471. The van der Waals surface area contributed by atoms with Crippen LogP contribution in [0.4, 0.5) is 0 Å². The number of ether oxygens (including phenoxy) is 1. The Morgan fingerprint density at radius 1 is 1.07 bits per heavy atom.